The van der Waals surface area contributed by atoms with E-state index in [0.29, 0.717) is 17.1 Å². The SMILES string of the molecule is CCOC(=O)COc1ccc(/C=C2/SC(=O)N(CC(=O)OC(C)C)C2=O)cc1OC. The van der Waals surface area contributed by atoms with Crippen molar-refractivity contribution in [1.82, 2.24) is 4.90 Å². The van der Waals surface area contributed by atoms with Gasteiger partial charge >= 0.3 is 11.9 Å². The largest absolute Gasteiger partial charge is 0.493 e. The zero-order valence-corrected chi connectivity index (χ0v) is 17.9. The Morgan fingerprint density at radius 1 is 1.17 bits per heavy atom. The van der Waals surface area contributed by atoms with E-state index in [1.807, 2.05) is 0 Å². The monoisotopic (exact) mass is 437 g/mol. The van der Waals surface area contributed by atoms with Crippen molar-refractivity contribution in [1.29, 1.82) is 0 Å². The molecule has 30 heavy (non-hydrogen) atoms. The summed E-state index contributed by atoms with van der Waals surface area (Å²) in [6, 6.07) is 4.82. The molecule has 0 atom stereocenters. The van der Waals surface area contributed by atoms with Gasteiger partial charge in [0.2, 0.25) is 0 Å². The molecule has 1 aliphatic heterocycles. The fourth-order valence-corrected chi connectivity index (χ4v) is 3.29. The number of carbonyl (C=O) groups is 4. The molecule has 1 aromatic rings. The van der Waals surface area contributed by atoms with E-state index in [2.05, 4.69) is 0 Å². The lowest BCUT2D eigenvalue weighted by Crippen LogP contribution is -2.35. The van der Waals surface area contributed by atoms with E-state index in [9.17, 15) is 19.2 Å². The van der Waals surface area contributed by atoms with E-state index in [1.165, 1.54) is 13.2 Å². The molecule has 0 aliphatic carbocycles. The molecule has 1 aromatic carbocycles. The second-order valence-corrected chi connectivity index (χ2v) is 7.30. The predicted molar refractivity (Wildman–Crippen MR) is 109 cm³/mol. The van der Waals surface area contributed by atoms with Crippen molar-refractivity contribution < 1.29 is 38.1 Å². The van der Waals surface area contributed by atoms with Crippen LogP contribution in [0.4, 0.5) is 4.79 Å². The van der Waals surface area contributed by atoms with Crippen LogP contribution >= 0.6 is 11.8 Å². The third-order valence-electron chi connectivity index (χ3n) is 3.66. The summed E-state index contributed by atoms with van der Waals surface area (Å²) in [6.07, 6.45) is 1.17. The fraction of sp³-hybridized carbons (Fsp3) is 0.400. The summed E-state index contributed by atoms with van der Waals surface area (Å²) < 4.78 is 20.4. The van der Waals surface area contributed by atoms with Crippen molar-refractivity contribution in [3.8, 4) is 11.5 Å². The van der Waals surface area contributed by atoms with Gasteiger partial charge in [0, 0.05) is 0 Å². The van der Waals surface area contributed by atoms with Crippen molar-refractivity contribution in [3.63, 3.8) is 0 Å². The minimum absolute atomic E-state index is 0.166. The number of thioether (sulfide) groups is 1. The van der Waals surface area contributed by atoms with Crippen molar-refractivity contribution in [2.24, 2.45) is 0 Å². The summed E-state index contributed by atoms with van der Waals surface area (Å²) in [5.74, 6) is -1.07. The van der Waals surface area contributed by atoms with Crippen LogP contribution in [0.1, 0.15) is 26.3 Å². The van der Waals surface area contributed by atoms with Gasteiger partial charge in [-0.2, -0.15) is 0 Å². The standard InChI is InChI=1S/C20H23NO8S/c1-5-27-18(23)11-28-14-7-6-13(8-15(14)26-4)9-16-19(24)21(20(25)30-16)10-17(22)29-12(2)3/h6-9,12H,5,10-11H2,1-4H3/b16-9+. The van der Waals surface area contributed by atoms with Gasteiger partial charge in [0.05, 0.1) is 24.7 Å². The topological polar surface area (TPSA) is 108 Å². The molecule has 0 unspecified atom stereocenters. The molecule has 10 heteroatoms. The number of amides is 2. The zero-order valence-electron chi connectivity index (χ0n) is 17.1. The second-order valence-electron chi connectivity index (χ2n) is 6.31. The lowest BCUT2D eigenvalue weighted by molar-refractivity contribution is -0.149. The molecule has 2 amide bonds. The Bertz CT molecular complexity index is 864. The number of carbonyl (C=O) groups excluding carboxylic acids is 4. The van der Waals surface area contributed by atoms with Gasteiger partial charge < -0.3 is 18.9 Å². The van der Waals surface area contributed by atoms with Crippen LogP contribution in [-0.2, 0) is 23.9 Å². The summed E-state index contributed by atoms with van der Waals surface area (Å²) in [6.45, 7) is 4.60. The molecule has 1 saturated heterocycles. The highest BCUT2D eigenvalue weighted by atomic mass is 32.2. The molecule has 2 rings (SSSR count). The molecule has 1 heterocycles. The molecule has 0 N–H and O–H groups in total. The number of rotatable bonds is 9. The van der Waals surface area contributed by atoms with Crippen LogP contribution in [0.25, 0.3) is 6.08 Å². The van der Waals surface area contributed by atoms with Gasteiger partial charge in [-0.15, -0.1) is 0 Å². The van der Waals surface area contributed by atoms with Crippen LogP contribution in [-0.4, -0.2) is 61.0 Å². The van der Waals surface area contributed by atoms with Crippen molar-refractivity contribution in [2.45, 2.75) is 26.9 Å². The lowest BCUT2D eigenvalue weighted by Gasteiger charge is -2.13. The molecular weight excluding hydrogens is 414 g/mol. The first-order chi connectivity index (χ1) is 14.2. The average molecular weight is 437 g/mol. The lowest BCUT2D eigenvalue weighted by atomic mass is 10.2. The van der Waals surface area contributed by atoms with E-state index in [1.54, 1.807) is 39.0 Å². The first-order valence-corrected chi connectivity index (χ1v) is 9.98. The maximum absolute atomic E-state index is 12.5. The van der Waals surface area contributed by atoms with E-state index >= 15 is 0 Å². The van der Waals surface area contributed by atoms with Crippen molar-refractivity contribution in [3.05, 3.63) is 28.7 Å². The summed E-state index contributed by atoms with van der Waals surface area (Å²) in [4.78, 5) is 48.8. The first kappa shape index (κ1) is 23.3. The fourth-order valence-electron chi connectivity index (χ4n) is 2.45. The Kier molecular flexibility index (Phi) is 8.28. The van der Waals surface area contributed by atoms with E-state index in [0.717, 1.165) is 16.7 Å². The molecule has 1 aliphatic rings. The molecule has 0 aromatic heterocycles. The van der Waals surface area contributed by atoms with Crippen LogP contribution in [0.3, 0.4) is 0 Å². The summed E-state index contributed by atoms with van der Waals surface area (Å²) in [7, 11) is 1.44. The first-order valence-electron chi connectivity index (χ1n) is 9.16. The van der Waals surface area contributed by atoms with E-state index in [-0.39, 0.29) is 24.2 Å². The molecule has 162 valence electrons. The zero-order chi connectivity index (χ0) is 22.3. The highest BCUT2D eigenvalue weighted by Gasteiger charge is 2.36. The van der Waals surface area contributed by atoms with Gasteiger partial charge in [0.25, 0.3) is 11.1 Å². The Balaban J connectivity index is 2.12. The molecule has 0 bridgehead atoms. The quantitative estimate of drug-likeness (QED) is 0.425. The third-order valence-corrected chi connectivity index (χ3v) is 4.57. The van der Waals surface area contributed by atoms with Gasteiger partial charge in [-0.05, 0) is 56.3 Å². The number of benzene rings is 1. The third kappa shape index (κ3) is 6.24. The molecule has 1 fully saturated rings. The van der Waals surface area contributed by atoms with Crippen LogP contribution in [0.15, 0.2) is 23.1 Å². The molecule has 9 nitrogen and oxygen atoms in total. The molecule has 0 saturated carbocycles. The van der Waals surface area contributed by atoms with Gasteiger partial charge in [0.1, 0.15) is 6.54 Å². The second kappa shape index (κ2) is 10.7. The number of esters is 2. The maximum atomic E-state index is 12.5. The number of hydrogen-bond acceptors (Lipinski definition) is 9. The number of methoxy groups -OCH3 is 1. The summed E-state index contributed by atoms with van der Waals surface area (Å²) in [5, 5.41) is -0.548. The van der Waals surface area contributed by atoms with Gasteiger partial charge in [-0.3, -0.25) is 19.3 Å². The smallest absolute Gasteiger partial charge is 0.344 e. The number of imide groups is 1. The van der Waals surface area contributed by atoms with Crippen LogP contribution in [0.5, 0.6) is 11.5 Å². The van der Waals surface area contributed by atoms with Gasteiger partial charge in [0.15, 0.2) is 18.1 Å². The number of nitrogens with zero attached hydrogens (tertiary/aromatic N) is 1. The Hall–Kier alpha value is -3.01. The van der Waals surface area contributed by atoms with E-state index < -0.39 is 29.6 Å². The highest BCUT2D eigenvalue weighted by molar-refractivity contribution is 8.18. The molecule has 0 radical (unpaired) electrons. The summed E-state index contributed by atoms with van der Waals surface area (Å²) >= 11 is 0.732. The molecule has 0 spiro atoms. The van der Waals surface area contributed by atoms with Crippen molar-refractivity contribution in [2.75, 3.05) is 26.9 Å². The van der Waals surface area contributed by atoms with Crippen LogP contribution in [0.2, 0.25) is 0 Å². The maximum Gasteiger partial charge on any atom is 0.344 e. The van der Waals surface area contributed by atoms with Crippen LogP contribution in [0, 0.1) is 0 Å². The van der Waals surface area contributed by atoms with Gasteiger partial charge in [-0.25, -0.2) is 4.79 Å². The average Bonchev–Trinajstić information content (AvgIpc) is 2.93. The predicted octanol–water partition coefficient (Wildman–Crippen LogP) is 2.63. The van der Waals surface area contributed by atoms with Crippen molar-refractivity contribution >= 4 is 40.9 Å². The minimum Gasteiger partial charge on any atom is -0.493 e. The highest BCUT2D eigenvalue weighted by Crippen LogP contribution is 2.34. The Labute approximate surface area is 178 Å². The van der Waals surface area contributed by atoms with Crippen LogP contribution < -0.4 is 9.47 Å². The van der Waals surface area contributed by atoms with Gasteiger partial charge in [-0.1, -0.05) is 6.07 Å². The number of ether oxygens (including phenoxy) is 4. The number of hydrogen-bond donors (Lipinski definition) is 0. The minimum atomic E-state index is -0.654. The molecular formula is C20H23NO8S. The normalized spacial score (nSPS) is 15.0. The van der Waals surface area contributed by atoms with E-state index in [4.69, 9.17) is 18.9 Å². The summed E-state index contributed by atoms with van der Waals surface area (Å²) in [5.41, 5.74) is 0.575. The Morgan fingerprint density at radius 3 is 2.53 bits per heavy atom. The Morgan fingerprint density at radius 2 is 1.90 bits per heavy atom.